The van der Waals surface area contributed by atoms with Crippen molar-refractivity contribution in [1.82, 2.24) is 9.97 Å². The molecule has 0 saturated carbocycles. The van der Waals surface area contributed by atoms with Gasteiger partial charge in [0.25, 0.3) is 5.91 Å². The van der Waals surface area contributed by atoms with Crippen LogP contribution in [0.15, 0.2) is 48.5 Å². The Hall–Kier alpha value is -3.61. The highest BCUT2D eigenvalue weighted by Gasteiger charge is 2.20. The zero-order valence-electron chi connectivity index (χ0n) is 17.5. The smallest absolute Gasteiger partial charge is 0.338 e. The van der Waals surface area contributed by atoms with Crippen molar-refractivity contribution in [2.45, 2.75) is 33.8 Å². The van der Waals surface area contributed by atoms with Crippen LogP contribution < -0.4 is 10.1 Å². The lowest BCUT2D eigenvalue weighted by atomic mass is 10.1. The van der Waals surface area contributed by atoms with Gasteiger partial charge in [0.2, 0.25) is 0 Å². The van der Waals surface area contributed by atoms with Gasteiger partial charge in [-0.1, -0.05) is 24.3 Å². The number of amides is 1. The maximum Gasteiger partial charge on any atom is 0.338 e. The number of aromatic amines is 1. The summed E-state index contributed by atoms with van der Waals surface area (Å²) in [6.07, 6.45) is -0.970. The number of H-pyrrole nitrogens is 1. The monoisotopic (exact) mass is 407 g/mol. The molecule has 0 aliphatic heterocycles. The number of para-hydroxylation sites is 2. The third-order valence-electron chi connectivity index (χ3n) is 4.62. The quantitative estimate of drug-likeness (QED) is 0.570. The van der Waals surface area contributed by atoms with E-state index in [1.54, 1.807) is 42.5 Å². The van der Waals surface area contributed by atoms with E-state index in [0.29, 0.717) is 23.6 Å². The van der Waals surface area contributed by atoms with Crippen LogP contribution in [0.1, 0.15) is 35.6 Å². The molecule has 1 atom stereocenters. The van der Waals surface area contributed by atoms with Gasteiger partial charge in [0, 0.05) is 11.3 Å². The van der Waals surface area contributed by atoms with Gasteiger partial charge in [-0.05, 0) is 52.0 Å². The van der Waals surface area contributed by atoms with Crippen molar-refractivity contribution in [3.8, 4) is 17.1 Å². The van der Waals surface area contributed by atoms with Gasteiger partial charge >= 0.3 is 5.97 Å². The van der Waals surface area contributed by atoms with Crippen LogP contribution >= 0.6 is 0 Å². The summed E-state index contributed by atoms with van der Waals surface area (Å²) in [6, 6.07) is 14.0. The van der Waals surface area contributed by atoms with Crippen molar-refractivity contribution in [3.63, 3.8) is 0 Å². The Balaban J connectivity index is 1.63. The number of hydrogen-bond acceptors (Lipinski definition) is 5. The largest absolute Gasteiger partial charge is 0.492 e. The molecule has 7 nitrogen and oxygen atoms in total. The fourth-order valence-electron chi connectivity index (χ4n) is 2.82. The molecule has 1 unspecified atom stereocenters. The molecule has 3 rings (SSSR count). The molecule has 7 heteroatoms. The van der Waals surface area contributed by atoms with Gasteiger partial charge in [-0.15, -0.1) is 0 Å². The van der Waals surface area contributed by atoms with Crippen molar-refractivity contribution in [3.05, 3.63) is 65.5 Å². The van der Waals surface area contributed by atoms with E-state index in [1.165, 1.54) is 6.92 Å². The molecule has 1 amide bonds. The molecule has 0 aliphatic rings. The number of esters is 1. The normalized spacial score (nSPS) is 11.6. The van der Waals surface area contributed by atoms with Crippen LogP contribution in [0.2, 0.25) is 0 Å². The van der Waals surface area contributed by atoms with E-state index in [9.17, 15) is 9.59 Å². The first kappa shape index (κ1) is 21.1. The minimum Gasteiger partial charge on any atom is -0.492 e. The summed E-state index contributed by atoms with van der Waals surface area (Å²) in [4.78, 5) is 32.5. The summed E-state index contributed by atoms with van der Waals surface area (Å²) in [6.45, 7) is 7.75. The molecule has 1 aromatic heterocycles. The highest BCUT2D eigenvalue weighted by molar-refractivity contribution is 5.98. The van der Waals surface area contributed by atoms with Crippen LogP contribution in [0.3, 0.4) is 0 Å². The molecule has 0 bridgehead atoms. The van der Waals surface area contributed by atoms with Crippen molar-refractivity contribution >= 4 is 17.6 Å². The van der Waals surface area contributed by atoms with Gasteiger partial charge < -0.3 is 19.8 Å². The van der Waals surface area contributed by atoms with Crippen LogP contribution in [0.4, 0.5) is 5.69 Å². The SMILES string of the molecule is CCOc1ccccc1NC(=O)C(C)OC(=O)c1ccc(-c2nc(C)c(C)[nH]2)cc1. The van der Waals surface area contributed by atoms with Gasteiger partial charge in [-0.25, -0.2) is 9.78 Å². The summed E-state index contributed by atoms with van der Waals surface area (Å²) in [5.74, 6) is 0.291. The van der Waals surface area contributed by atoms with E-state index < -0.39 is 18.0 Å². The van der Waals surface area contributed by atoms with Crippen LogP contribution in [0.5, 0.6) is 5.75 Å². The topological polar surface area (TPSA) is 93.3 Å². The predicted molar refractivity (Wildman–Crippen MR) is 115 cm³/mol. The lowest BCUT2D eigenvalue weighted by Crippen LogP contribution is -2.30. The maximum atomic E-state index is 12.5. The number of aryl methyl sites for hydroxylation is 2. The van der Waals surface area contributed by atoms with Crippen molar-refractivity contribution < 1.29 is 19.1 Å². The molecule has 0 radical (unpaired) electrons. The lowest BCUT2D eigenvalue weighted by molar-refractivity contribution is -0.123. The number of carbonyl (C=O) groups excluding carboxylic acids is 2. The number of imidazole rings is 1. The molecule has 0 spiro atoms. The van der Waals surface area contributed by atoms with Gasteiger partial charge in [-0.2, -0.15) is 0 Å². The fourth-order valence-corrected chi connectivity index (χ4v) is 2.82. The number of benzene rings is 2. The van der Waals surface area contributed by atoms with Gasteiger partial charge in [-0.3, -0.25) is 4.79 Å². The van der Waals surface area contributed by atoms with E-state index in [1.807, 2.05) is 26.8 Å². The van der Waals surface area contributed by atoms with Crippen molar-refractivity contribution in [2.75, 3.05) is 11.9 Å². The van der Waals surface area contributed by atoms with Gasteiger partial charge in [0.05, 0.1) is 23.6 Å². The van der Waals surface area contributed by atoms with Crippen molar-refractivity contribution in [2.24, 2.45) is 0 Å². The number of ether oxygens (including phenoxy) is 2. The Labute approximate surface area is 175 Å². The third kappa shape index (κ3) is 4.86. The molecule has 0 fully saturated rings. The van der Waals surface area contributed by atoms with E-state index in [4.69, 9.17) is 9.47 Å². The summed E-state index contributed by atoms with van der Waals surface area (Å²) < 4.78 is 10.8. The fraction of sp³-hybridized carbons (Fsp3) is 0.261. The zero-order valence-corrected chi connectivity index (χ0v) is 17.5. The number of aromatic nitrogens is 2. The van der Waals surface area contributed by atoms with E-state index in [-0.39, 0.29) is 0 Å². The maximum absolute atomic E-state index is 12.5. The average Bonchev–Trinajstić information content (AvgIpc) is 3.08. The molecule has 2 N–H and O–H groups in total. The minimum absolute atomic E-state index is 0.355. The Morgan fingerprint density at radius 3 is 2.43 bits per heavy atom. The molecular weight excluding hydrogens is 382 g/mol. The number of hydrogen-bond donors (Lipinski definition) is 2. The Morgan fingerprint density at radius 2 is 1.80 bits per heavy atom. The molecule has 156 valence electrons. The Bertz CT molecular complexity index is 1020. The van der Waals surface area contributed by atoms with Gasteiger partial charge in [0.15, 0.2) is 6.10 Å². The first-order valence-electron chi connectivity index (χ1n) is 9.76. The Kier molecular flexibility index (Phi) is 6.51. The minimum atomic E-state index is -0.970. The predicted octanol–water partition coefficient (Wildman–Crippen LogP) is 4.28. The summed E-state index contributed by atoms with van der Waals surface area (Å²) in [5.41, 5.74) is 3.67. The second-order valence-electron chi connectivity index (χ2n) is 6.84. The lowest BCUT2D eigenvalue weighted by Gasteiger charge is -2.15. The van der Waals surface area contributed by atoms with E-state index >= 15 is 0 Å². The average molecular weight is 407 g/mol. The summed E-state index contributed by atoms with van der Waals surface area (Å²) in [5, 5.41) is 2.74. The highest BCUT2D eigenvalue weighted by Crippen LogP contribution is 2.24. The molecule has 3 aromatic rings. The number of nitrogens with zero attached hydrogens (tertiary/aromatic N) is 1. The van der Waals surface area contributed by atoms with Crippen LogP contribution in [0.25, 0.3) is 11.4 Å². The second kappa shape index (κ2) is 9.26. The summed E-state index contributed by atoms with van der Waals surface area (Å²) >= 11 is 0. The number of carbonyl (C=O) groups is 2. The number of nitrogens with one attached hydrogen (secondary N) is 2. The molecule has 0 saturated heterocycles. The first-order chi connectivity index (χ1) is 14.4. The number of anilines is 1. The molecule has 0 aliphatic carbocycles. The first-order valence-corrected chi connectivity index (χ1v) is 9.76. The van der Waals surface area contributed by atoms with E-state index in [2.05, 4.69) is 15.3 Å². The standard InChI is InChI=1S/C23H25N3O4/c1-5-29-20-9-7-6-8-19(20)26-22(27)16(4)30-23(28)18-12-10-17(11-13-18)21-24-14(2)15(3)25-21/h6-13,16H,5H2,1-4H3,(H,24,25)(H,26,27). The molecule has 30 heavy (non-hydrogen) atoms. The molecular formula is C23H25N3O4. The highest BCUT2D eigenvalue weighted by atomic mass is 16.5. The Morgan fingerprint density at radius 1 is 1.10 bits per heavy atom. The second-order valence-corrected chi connectivity index (χ2v) is 6.84. The van der Waals surface area contributed by atoms with Crippen LogP contribution in [-0.2, 0) is 9.53 Å². The van der Waals surface area contributed by atoms with Crippen LogP contribution in [-0.4, -0.2) is 34.6 Å². The third-order valence-corrected chi connectivity index (χ3v) is 4.62. The van der Waals surface area contributed by atoms with Crippen molar-refractivity contribution in [1.29, 1.82) is 0 Å². The molecule has 1 heterocycles. The zero-order chi connectivity index (χ0) is 21.7. The van der Waals surface area contributed by atoms with E-state index in [0.717, 1.165) is 22.8 Å². The van der Waals surface area contributed by atoms with Gasteiger partial charge in [0.1, 0.15) is 11.6 Å². The van der Waals surface area contributed by atoms with Crippen LogP contribution in [0, 0.1) is 13.8 Å². The summed E-state index contributed by atoms with van der Waals surface area (Å²) in [7, 11) is 0. The molecule has 2 aromatic carbocycles. The number of rotatable bonds is 7.